The monoisotopic (exact) mass is 277 g/mol. The summed E-state index contributed by atoms with van der Waals surface area (Å²) >= 11 is 0. The van der Waals surface area contributed by atoms with Crippen LogP contribution in [-0.2, 0) is 18.3 Å². The van der Waals surface area contributed by atoms with Gasteiger partial charge in [0.2, 0.25) is 0 Å². The molecule has 4 nitrogen and oxygen atoms in total. The van der Waals surface area contributed by atoms with Crippen LogP contribution in [0.15, 0.2) is 12.3 Å². The van der Waals surface area contributed by atoms with Crippen molar-refractivity contribution in [2.24, 2.45) is 7.05 Å². The van der Waals surface area contributed by atoms with Crippen LogP contribution in [0.2, 0.25) is 0 Å². The first-order valence-electron chi connectivity index (χ1n) is 7.74. The van der Waals surface area contributed by atoms with E-state index in [1.54, 1.807) is 6.20 Å². The van der Waals surface area contributed by atoms with Crippen LogP contribution in [0.1, 0.15) is 50.6 Å². The van der Waals surface area contributed by atoms with Crippen molar-refractivity contribution in [1.82, 2.24) is 14.7 Å². The van der Waals surface area contributed by atoms with E-state index in [4.69, 9.17) is 0 Å². The van der Waals surface area contributed by atoms with Crippen LogP contribution in [0.25, 0.3) is 0 Å². The predicted molar refractivity (Wildman–Crippen MR) is 80.7 cm³/mol. The average molecular weight is 277 g/mol. The molecule has 0 spiro atoms. The molecule has 0 radical (unpaired) electrons. The largest absolute Gasteiger partial charge is 0.298 e. The molecular weight excluding hydrogens is 250 g/mol. The van der Waals surface area contributed by atoms with Crippen molar-refractivity contribution in [1.29, 1.82) is 0 Å². The summed E-state index contributed by atoms with van der Waals surface area (Å²) in [5.41, 5.74) is 0.913. The number of aryl methyl sites for hydroxylation is 2. The summed E-state index contributed by atoms with van der Waals surface area (Å²) in [4.78, 5) is 15.0. The summed E-state index contributed by atoms with van der Waals surface area (Å²) in [5.74, 6) is 0.408. The van der Waals surface area contributed by atoms with Gasteiger partial charge in [-0.15, -0.1) is 0 Å². The number of aromatic nitrogens is 2. The molecule has 1 aliphatic carbocycles. The molecule has 2 rings (SSSR count). The Balaban J connectivity index is 2.05. The lowest BCUT2D eigenvalue weighted by Crippen LogP contribution is -2.51. The fourth-order valence-corrected chi connectivity index (χ4v) is 3.41. The smallest absolute Gasteiger partial charge is 0.153 e. The van der Waals surface area contributed by atoms with E-state index in [0.717, 1.165) is 25.0 Å². The van der Waals surface area contributed by atoms with Gasteiger partial charge in [-0.1, -0.05) is 25.7 Å². The molecule has 1 aromatic rings. The summed E-state index contributed by atoms with van der Waals surface area (Å²) in [6, 6.07) is 2.00. The number of ketones is 1. The molecule has 1 heterocycles. The molecule has 0 unspecified atom stereocenters. The van der Waals surface area contributed by atoms with E-state index < -0.39 is 0 Å². The van der Waals surface area contributed by atoms with Gasteiger partial charge in [-0.2, -0.15) is 5.10 Å². The predicted octanol–water partition coefficient (Wildman–Crippen LogP) is 2.58. The zero-order valence-electron chi connectivity index (χ0n) is 13.1. The molecule has 0 bridgehead atoms. The average Bonchev–Trinajstić information content (AvgIpc) is 2.67. The van der Waals surface area contributed by atoms with Crippen molar-refractivity contribution in [3.63, 3.8) is 0 Å². The Bertz CT molecular complexity index is 442. The maximum absolute atomic E-state index is 12.8. The highest BCUT2D eigenvalue weighted by Gasteiger charge is 2.39. The summed E-state index contributed by atoms with van der Waals surface area (Å²) in [7, 11) is 6.06. The van der Waals surface area contributed by atoms with Crippen molar-refractivity contribution < 1.29 is 4.79 Å². The highest BCUT2D eigenvalue weighted by atomic mass is 16.1. The Labute approximate surface area is 122 Å². The minimum Gasteiger partial charge on any atom is -0.298 e. The molecule has 1 aromatic heterocycles. The van der Waals surface area contributed by atoms with Gasteiger partial charge in [0.25, 0.3) is 0 Å². The topological polar surface area (TPSA) is 38.1 Å². The number of nitrogens with zero attached hydrogens (tertiary/aromatic N) is 3. The molecule has 0 atom stereocenters. The van der Waals surface area contributed by atoms with Gasteiger partial charge < -0.3 is 0 Å². The van der Waals surface area contributed by atoms with Gasteiger partial charge in [0.05, 0.1) is 5.54 Å². The number of likely N-dealkylation sites (N-methyl/N-ethyl adjacent to an activating group) is 1. The molecule has 4 heteroatoms. The second-order valence-electron chi connectivity index (χ2n) is 6.21. The molecule has 0 amide bonds. The molecule has 0 aromatic carbocycles. The fourth-order valence-electron chi connectivity index (χ4n) is 3.41. The molecule has 20 heavy (non-hydrogen) atoms. The maximum Gasteiger partial charge on any atom is 0.153 e. The standard InChI is InChI=1S/C16H27N3O/c1-18(2)16(11-6-4-5-7-12-16)15(20)9-8-14-10-13-17-19(14)3/h10,13H,4-9,11-12H2,1-3H3. The number of Topliss-reactive ketones (excluding diaryl/α,β-unsaturated/α-hetero) is 1. The van der Waals surface area contributed by atoms with E-state index in [-0.39, 0.29) is 5.54 Å². The lowest BCUT2D eigenvalue weighted by Gasteiger charge is -2.38. The quantitative estimate of drug-likeness (QED) is 0.776. The van der Waals surface area contributed by atoms with Crippen molar-refractivity contribution in [3.8, 4) is 0 Å². The highest BCUT2D eigenvalue weighted by Crippen LogP contribution is 2.33. The van der Waals surface area contributed by atoms with Crippen LogP contribution >= 0.6 is 0 Å². The van der Waals surface area contributed by atoms with Gasteiger partial charge >= 0.3 is 0 Å². The molecule has 0 saturated heterocycles. The number of carbonyl (C=O) groups is 1. The van der Waals surface area contributed by atoms with Crippen LogP contribution in [0.4, 0.5) is 0 Å². The second kappa shape index (κ2) is 6.53. The maximum atomic E-state index is 12.8. The Hall–Kier alpha value is -1.16. The Morgan fingerprint density at radius 3 is 2.45 bits per heavy atom. The van der Waals surface area contributed by atoms with Crippen LogP contribution < -0.4 is 0 Å². The van der Waals surface area contributed by atoms with E-state index in [2.05, 4.69) is 24.1 Å². The normalized spacial score (nSPS) is 19.0. The van der Waals surface area contributed by atoms with E-state index in [1.807, 2.05) is 17.8 Å². The van der Waals surface area contributed by atoms with Crippen LogP contribution in [0.5, 0.6) is 0 Å². The van der Waals surface area contributed by atoms with Crippen LogP contribution in [-0.4, -0.2) is 40.1 Å². The van der Waals surface area contributed by atoms with Gasteiger partial charge in [-0.25, -0.2) is 0 Å². The third-order valence-electron chi connectivity index (χ3n) is 4.84. The molecule has 0 aliphatic heterocycles. The molecule has 0 N–H and O–H groups in total. The van der Waals surface area contributed by atoms with Crippen LogP contribution in [0, 0.1) is 0 Å². The van der Waals surface area contributed by atoms with Crippen molar-refractivity contribution >= 4 is 5.78 Å². The lowest BCUT2D eigenvalue weighted by molar-refractivity contribution is -0.130. The summed E-state index contributed by atoms with van der Waals surface area (Å²) in [5, 5.41) is 4.17. The number of rotatable bonds is 5. The first-order chi connectivity index (χ1) is 9.56. The first-order valence-corrected chi connectivity index (χ1v) is 7.74. The van der Waals surface area contributed by atoms with Gasteiger partial charge in [0.1, 0.15) is 0 Å². The Morgan fingerprint density at radius 2 is 1.95 bits per heavy atom. The van der Waals surface area contributed by atoms with E-state index in [1.165, 1.54) is 25.7 Å². The van der Waals surface area contributed by atoms with Crippen molar-refractivity contribution in [2.75, 3.05) is 14.1 Å². The summed E-state index contributed by atoms with van der Waals surface area (Å²) < 4.78 is 1.86. The van der Waals surface area contributed by atoms with Gasteiger partial charge in [-0.3, -0.25) is 14.4 Å². The number of carbonyl (C=O) groups excluding carboxylic acids is 1. The second-order valence-corrected chi connectivity index (χ2v) is 6.21. The third-order valence-corrected chi connectivity index (χ3v) is 4.84. The van der Waals surface area contributed by atoms with Gasteiger partial charge in [-0.05, 0) is 39.4 Å². The SMILES string of the molecule is CN(C)C1(C(=O)CCc2ccnn2C)CCCCCC1. The van der Waals surface area contributed by atoms with E-state index in [9.17, 15) is 4.79 Å². The summed E-state index contributed by atoms with van der Waals surface area (Å²) in [6.45, 7) is 0. The lowest BCUT2D eigenvalue weighted by atomic mass is 9.82. The fraction of sp³-hybridized carbons (Fsp3) is 0.750. The molecule has 1 saturated carbocycles. The molecule has 112 valence electrons. The zero-order valence-corrected chi connectivity index (χ0v) is 13.1. The first kappa shape index (κ1) is 15.2. The molecule has 1 fully saturated rings. The minimum atomic E-state index is -0.227. The zero-order chi connectivity index (χ0) is 14.6. The number of hydrogen-bond acceptors (Lipinski definition) is 3. The minimum absolute atomic E-state index is 0.227. The summed E-state index contributed by atoms with van der Waals surface area (Å²) in [6.07, 6.45) is 10.1. The van der Waals surface area contributed by atoms with Crippen molar-refractivity contribution in [3.05, 3.63) is 18.0 Å². The molecule has 1 aliphatic rings. The van der Waals surface area contributed by atoms with Crippen LogP contribution in [0.3, 0.4) is 0 Å². The van der Waals surface area contributed by atoms with E-state index >= 15 is 0 Å². The highest BCUT2D eigenvalue weighted by molar-refractivity contribution is 5.88. The van der Waals surface area contributed by atoms with Gasteiger partial charge in [0.15, 0.2) is 5.78 Å². The third kappa shape index (κ3) is 3.11. The van der Waals surface area contributed by atoms with Gasteiger partial charge in [0, 0.05) is 25.4 Å². The Morgan fingerprint density at radius 1 is 1.30 bits per heavy atom. The Kier molecular flexibility index (Phi) is 4.97. The van der Waals surface area contributed by atoms with Crippen molar-refractivity contribution in [2.45, 2.75) is 56.9 Å². The van der Waals surface area contributed by atoms with E-state index in [0.29, 0.717) is 12.2 Å². The number of hydrogen-bond donors (Lipinski definition) is 0. The molecular formula is C16H27N3O.